The Kier molecular flexibility index (Phi) is 3.78. The van der Waals surface area contributed by atoms with Crippen molar-refractivity contribution in [2.75, 3.05) is 5.88 Å². The van der Waals surface area contributed by atoms with E-state index in [1.54, 1.807) is 12.1 Å². The lowest BCUT2D eigenvalue weighted by molar-refractivity contribution is 0.204. The van der Waals surface area contributed by atoms with Gasteiger partial charge in [0, 0.05) is 10.9 Å². The zero-order valence-electron chi connectivity index (χ0n) is 11.2. The quantitative estimate of drug-likeness (QED) is 0.722. The predicted octanol–water partition coefficient (Wildman–Crippen LogP) is 3.88. The number of hydrogen-bond acceptors (Lipinski definition) is 3. The molecule has 0 saturated carbocycles. The van der Waals surface area contributed by atoms with Gasteiger partial charge in [0.25, 0.3) is 0 Å². The predicted molar refractivity (Wildman–Crippen MR) is 84.5 cm³/mol. The number of pyridine rings is 1. The van der Waals surface area contributed by atoms with E-state index in [0.717, 1.165) is 5.56 Å². The summed E-state index contributed by atoms with van der Waals surface area (Å²) in [6.07, 6.45) is -0.804. The lowest BCUT2D eigenvalue weighted by Gasteiger charge is -2.14. The first-order valence-corrected chi connectivity index (χ1v) is 7.16. The van der Waals surface area contributed by atoms with Crippen molar-refractivity contribution in [2.24, 2.45) is 0 Å². The number of aliphatic hydroxyl groups is 1. The number of rotatable bonds is 3. The molecular formula is C17H14ClNO2. The van der Waals surface area contributed by atoms with Gasteiger partial charge in [-0.1, -0.05) is 42.5 Å². The molecule has 1 atom stereocenters. The van der Waals surface area contributed by atoms with Gasteiger partial charge in [-0.05, 0) is 17.7 Å². The number of aliphatic hydroxyl groups excluding tert-OH is 1. The van der Waals surface area contributed by atoms with Gasteiger partial charge in [0.05, 0.1) is 17.7 Å². The maximum absolute atomic E-state index is 10.1. The minimum absolute atomic E-state index is 0.0863. The smallest absolute Gasteiger partial charge is 0.141 e. The Morgan fingerprint density at radius 1 is 1.05 bits per heavy atom. The SMILES string of the molecule is Oc1cccc2c(C(O)CCl)cc(-c3ccccc3)nc12. The molecule has 0 aliphatic carbocycles. The summed E-state index contributed by atoms with van der Waals surface area (Å²) in [6, 6.07) is 16.6. The van der Waals surface area contributed by atoms with Crippen molar-refractivity contribution in [3.63, 3.8) is 0 Å². The molecule has 0 amide bonds. The number of halogens is 1. The standard InChI is InChI=1S/C17H14ClNO2/c18-10-16(21)13-9-14(11-5-2-1-3-6-11)19-17-12(13)7-4-8-15(17)20/h1-9,16,20-21H,10H2. The van der Waals surface area contributed by atoms with Crippen molar-refractivity contribution in [1.29, 1.82) is 0 Å². The molecule has 1 aromatic heterocycles. The van der Waals surface area contributed by atoms with Crippen molar-refractivity contribution in [3.05, 3.63) is 60.2 Å². The third kappa shape index (κ3) is 2.58. The van der Waals surface area contributed by atoms with E-state index in [4.69, 9.17) is 11.6 Å². The zero-order chi connectivity index (χ0) is 14.8. The number of benzene rings is 2. The minimum atomic E-state index is -0.804. The zero-order valence-corrected chi connectivity index (χ0v) is 12.0. The highest BCUT2D eigenvalue weighted by Gasteiger charge is 2.15. The molecule has 106 valence electrons. The van der Waals surface area contributed by atoms with Gasteiger partial charge in [-0.15, -0.1) is 11.6 Å². The average molecular weight is 300 g/mol. The molecule has 4 heteroatoms. The number of hydrogen-bond donors (Lipinski definition) is 2. The van der Waals surface area contributed by atoms with E-state index < -0.39 is 6.10 Å². The molecule has 2 aromatic carbocycles. The van der Waals surface area contributed by atoms with Gasteiger partial charge in [-0.25, -0.2) is 4.98 Å². The van der Waals surface area contributed by atoms with Gasteiger partial charge >= 0.3 is 0 Å². The second-order valence-corrected chi connectivity index (χ2v) is 5.11. The van der Waals surface area contributed by atoms with Crippen LogP contribution < -0.4 is 0 Å². The summed E-state index contributed by atoms with van der Waals surface area (Å²) in [5, 5.41) is 20.9. The first kappa shape index (κ1) is 13.9. The summed E-state index contributed by atoms with van der Waals surface area (Å²) in [4.78, 5) is 4.52. The molecule has 0 bridgehead atoms. The summed E-state index contributed by atoms with van der Waals surface area (Å²) in [6.45, 7) is 0. The van der Waals surface area contributed by atoms with E-state index in [-0.39, 0.29) is 11.6 Å². The van der Waals surface area contributed by atoms with Gasteiger partial charge in [-0.2, -0.15) is 0 Å². The van der Waals surface area contributed by atoms with Gasteiger partial charge in [0.15, 0.2) is 0 Å². The molecule has 0 aliphatic rings. The van der Waals surface area contributed by atoms with Crippen LogP contribution in [0.4, 0.5) is 0 Å². The Morgan fingerprint density at radius 2 is 1.81 bits per heavy atom. The third-order valence-electron chi connectivity index (χ3n) is 3.42. The van der Waals surface area contributed by atoms with Gasteiger partial charge in [-0.3, -0.25) is 0 Å². The van der Waals surface area contributed by atoms with Crippen molar-refractivity contribution in [3.8, 4) is 17.0 Å². The van der Waals surface area contributed by atoms with Crippen molar-refractivity contribution in [1.82, 2.24) is 4.98 Å². The Balaban J connectivity index is 2.31. The maximum Gasteiger partial charge on any atom is 0.141 e. The summed E-state index contributed by atoms with van der Waals surface area (Å²) in [5.74, 6) is 0.177. The number of phenolic OH excluding ortho intramolecular Hbond substituents is 1. The summed E-state index contributed by atoms with van der Waals surface area (Å²) in [5.41, 5.74) is 2.76. The summed E-state index contributed by atoms with van der Waals surface area (Å²) < 4.78 is 0. The van der Waals surface area contributed by atoms with Crippen LogP contribution in [0, 0.1) is 0 Å². The molecular weight excluding hydrogens is 286 g/mol. The highest BCUT2D eigenvalue weighted by Crippen LogP contribution is 2.32. The number of alkyl halides is 1. The molecule has 0 fully saturated rings. The van der Waals surface area contributed by atoms with Crippen molar-refractivity contribution < 1.29 is 10.2 Å². The first-order valence-electron chi connectivity index (χ1n) is 6.63. The number of aromatic nitrogens is 1. The fourth-order valence-electron chi connectivity index (χ4n) is 2.38. The second-order valence-electron chi connectivity index (χ2n) is 4.81. The Morgan fingerprint density at radius 3 is 2.52 bits per heavy atom. The fourth-order valence-corrected chi connectivity index (χ4v) is 2.54. The second kappa shape index (κ2) is 5.72. The number of fused-ring (bicyclic) bond motifs is 1. The molecule has 0 spiro atoms. The summed E-state index contributed by atoms with van der Waals surface area (Å²) >= 11 is 5.79. The Hall–Kier alpha value is -2.10. The fraction of sp³-hybridized carbons (Fsp3) is 0.118. The molecule has 2 N–H and O–H groups in total. The third-order valence-corrected chi connectivity index (χ3v) is 3.72. The van der Waals surface area contributed by atoms with E-state index in [0.29, 0.717) is 22.2 Å². The Bertz CT molecular complexity index is 774. The number of aromatic hydroxyl groups is 1. The molecule has 0 radical (unpaired) electrons. The van der Waals surface area contributed by atoms with Crippen LogP contribution in [0.2, 0.25) is 0 Å². The molecule has 3 nitrogen and oxygen atoms in total. The molecule has 1 unspecified atom stereocenters. The van der Waals surface area contributed by atoms with Crippen LogP contribution in [0.25, 0.3) is 22.2 Å². The van der Waals surface area contributed by atoms with E-state index in [1.165, 1.54) is 0 Å². The first-order chi connectivity index (χ1) is 10.2. The normalized spacial score (nSPS) is 12.5. The van der Waals surface area contributed by atoms with Crippen molar-refractivity contribution >= 4 is 22.5 Å². The molecule has 0 aliphatic heterocycles. The molecule has 0 saturated heterocycles. The van der Waals surface area contributed by atoms with Gasteiger partial charge in [0.1, 0.15) is 11.3 Å². The molecule has 3 aromatic rings. The maximum atomic E-state index is 10.1. The van der Waals surface area contributed by atoms with Crippen molar-refractivity contribution in [2.45, 2.75) is 6.10 Å². The van der Waals surface area contributed by atoms with Gasteiger partial charge < -0.3 is 10.2 Å². The van der Waals surface area contributed by atoms with Crippen LogP contribution in [0.15, 0.2) is 54.6 Å². The van der Waals surface area contributed by atoms with Crippen LogP contribution in [0.3, 0.4) is 0 Å². The van der Waals surface area contributed by atoms with Crippen LogP contribution in [0.1, 0.15) is 11.7 Å². The lowest BCUT2D eigenvalue weighted by Crippen LogP contribution is -2.01. The van der Waals surface area contributed by atoms with Crippen LogP contribution in [-0.4, -0.2) is 21.1 Å². The number of para-hydroxylation sites is 1. The number of nitrogens with zero attached hydrogens (tertiary/aromatic N) is 1. The number of phenols is 1. The van der Waals surface area contributed by atoms with Crippen LogP contribution in [-0.2, 0) is 0 Å². The monoisotopic (exact) mass is 299 g/mol. The van der Waals surface area contributed by atoms with Gasteiger partial charge in [0.2, 0.25) is 0 Å². The van der Waals surface area contributed by atoms with E-state index >= 15 is 0 Å². The molecule has 3 rings (SSSR count). The largest absolute Gasteiger partial charge is 0.506 e. The van der Waals surface area contributed by atoms with E-state index in [2.05, 4.69) is 4.98 Å². The highest BCUT2D eigenvalue weighted by atomic mass is 35.5. The molecule has 21 heavy (non-hydrogen) atoms. The van der Waals surface area contributed by atoms with E-state index in [9.17, 15) is 10.2 Å². The summed E-state index contributed by atoms with van der Waals surface area (Å²) in [7, 11) is 0. The van der Waals surface area contributed by atoms with Crippen LogP contribution in [0.5, 0.6) is 5.75 Å². The lowest BCUT2D eigenvalue weighted by atomic mass is 10.0. The topological polar surface area (TPSA) is 53.4 Å². The van der Waals surface area contributed by atoms with E-state index in [1.807, 2.05) is 42.5 Å². The minimum Gasteiger partial charge on any atom is -0.506 e. The Labute approximate surface area is 127 Å². The van der Waals surface area contributed by atoms with Crippen LogP contribution >= 0.6 is 11.6 Å². The average Bonchev–Trinajstić information content (AvgIpc) is 2.54. The molecule has 1 heterocycles. The highest BCUT2D eigenvalue weighted by molar-refractivity contribution is 6.18.